The number of aromatic nitrogens is 2. The van der Waals surface area contributed by atoms with E-state index in [-0.39, 0.29) is 5.91 Å². The van der Waals surface area contributed by atoms with Crippen molar-refractivity contribution in [2.45, 2.75) is 19.8 Å². The van der Waals surface area contributed by atoms with Crippen LogP contribution in [-0.2, 0) is 4.79 Å². The molecule has 2 N–H and O–H groups in total. The van der Waals surface area contributed by atoms with Crippen LogP contribution in [0.5, 0.6) is 0 Å². The van der Waals surface area contributed by atoms with Gasteiger partial charge in [-0.15, -0.1) is 0 Å². The largest absolute Gasteiger partial charge is 0.370 e. The lowest BCUT2D eigenvalue weighted by Crippen LogP contribution is -2.08. The summed E-state index contributed by atoms with van der Waals surface area (Å²) in [6.45, 7) is 1.92. The third kappa shape index (κ3) is 5.21. The summed E-state index contributed by atoms with van der Waals surface area (Å²) in [6.07, 6.45) is 4.91. The van der Waals surface area contributed by atoms with Gasteiger partial charge in [0.25, 0.3) is 0 Å². The number of hydrogen-bond acceptors (Lipinski definition) is 3. The zero-order valence-corrected chi connectivity index (χ0v) is 10.4. The van der Waals surface area contributed by atoms with Gasteiger partial charge in [-0.1, -0.05) is 19.1 Å². The molecule has 18 heavy (non-hydrogen) atoms. The normalized spacial score (nSPS) is 9.17. The first kappa shape index (κ1) is 13.8. The summed E-state index contributed by atoms with van der Waals surface area (Å²) in [5.41, 5.74) is 6.59. The summed E-state index contributed by atoms with van der Waals surface area (Å²) in [6, 6.07) is 11.6. The zero-order chi connectivity index (χ0) is 13.2. The molecule has 94 valence electrons. The molecule has 4 nitrogen and oxygen atoms in total. The smallest absolute Gasteiger partial charge is 0.217 e. The fourth-order valence-electron chi connectivity index (χ4n) is 1.27. The predicted octanol–water partition coefficient (Wildman–Crippen LogP) is 2.42. The molecule has 2 aromatic rings. The fourth-order valence-corrected chi connectivity index (χ4v) is 1.27. The van der Waals surface area contributed by atoms with Crippen molar-refractivity contribution in [2.24, 2.45) is 5.73 Å². The quantitative estimate of drug-likeness (QED) is 0.900. The standard InChI is InChI=1S/C10H8N2.C4H9NO/c1-3-7-11-9(5-1)10-6-2-4-8-12-10;1-2-3-4(5)6/h1-8H;2-3H2,1H3,(H2,5,6). The Morgan fingerprint density at radius 2 is 1.56 bits per heavy atom. The van der Waals surface area contributed by atoms with Gasteiger partial charge in [0.05, 0.1) is 11.4 Å². The summed E-state index contributed by atoms with van der Waals surface area (Å²) in [5, 5.41) is 0. The third-order valence-corrected chi connectivity index (χ3v) is 2.09. The monoisotopic (exact) mass is 243 g/mol. The van der Waals surface area contributed by atoms with E-state index >= 15 is 0 Å². The van der Waals surface area contributed by atoms with Crippen LogP contribution < -0.4 is 5.73 Å². The van der Waals surface area contributed by atoms with Gasteiger partial charge in [0.15, 0.2) is 0 Å². The molecule has 0 unspecified atom stereocenters. The molecule has 0 bridgehead atoms. The molecule has 2 rings (SSSR count). The maximum Gasteiger partial charge on any atom is 0.217 e. The first-order chi connectivity index (χ1) is 8.74. The molecule has 0 saturated heterocycles. The maximum absolute atomic E-state index is 9.82. The van der Waals surface area contributed by atoms with E-state index in [2.05, 4.69) is 9.97 Å². The van der Waals surface area contributed by atoms with Gasteiger partial charge in [0, 0.05) is 18.8 Å². The third-order valence-electron chi connectivity index (χ3n) is 2.09. The molecular weight excluding hydrogens is 226 g/mol. The molecule has 4 heteroatoms. The van der Waals surface area contributed by atoms with Gasteiger partial charge in [-0.25, -0.2) is 0 Å². The highest BCUT2D eigenvalue weighted by molar-refractivity contribution is 5.73. The summed E-state index contributed by atoms with van der Waals surface area (Å²) in [5.74, 6) is -0.211. The van der Waals surface area contributed by atoms with Crippen molar-refractivity contribution in [3.63, 3.8) is 0 Å². The highest BCUT2D eigenvalue weighted by Crippen LogP contribution is 2.10. The summed E-state index contributed by atoms with van der Waals surface area (Å²) >= 11 is 0. The lowest BCUT2D eigenvalue weighted by molar-refractivity contribution is -0.118. The Kier molecular flexibility index (Phi) is 6.11. The molecule has 0 spiro atoms. The number of carbonyl (C=O) groups excluding carboxylic acids is 1. The van der Waals surface area contributed by atoms with E-state index in [0.717, 1.165) is 17.8 Å². The van der Waals surface area contributed by atoms with Crippen molar-refractivity contribution >= 4 is 5.91 Å². The summed E-state index contributed by atoms with van der Waals surface area (Å²) < 4.78 is 0. The lowest BCUT2D eigenvalue weighted by atomic mass is 10.2. The second-order valence-electron chi connectivity index (χ2n) is 3.65. The minimum Gasteiger partial charge on any atom is -0.370 e. The van der Waals surface area contributed by atoms with Crippen LogP contribution >= 0.6 is 0 Å². The Morgan fingerprint density at radius 3 is 1.78 bits per heavy atom. The number of carbonyl (C=O) groups is 1. The van der Waals surface area contributed by atoms with E-state index in [1.165, 1.54) is 0 Å². The van der Waals surface area contributed by atoms with E-state index in [1.54, 1.807) is 12.4 Å². The molecule has 2 aromatic heterocycles. The van der Waals surface area contributed by atoms with Gasteiger partial charge in [0.1, 0.15) is 0 Å². The van der Waals surface area contributed by atoms with Crippen LogP contribution in [0.4, 0.5) is 0 Å². The van der Waals surface area contributed by atoms with Gasteiger partial charge >= 0.3 is 0 Å². The van der Waals surface area contributed by atoms with Crippen molar-refractivity contribution in [1.82, 2.24) is 9.97 Å². The molecule has 0 aliphatic heterocycles. The van der Waals surface area contributed by atoms with Gasteiger partial charge in [-0.3, -0.25) is 14.8 Å². The maximum atomic E-state index is 9.82. The van der Waals surface area contributed by atoms with E-state index in [9.17, 15) is 4.79 Å². The number of hydrogen-bond donors (Lipinski definition) is 1. The van der Waals surface area contributed by atoms with Crippen LogP contribution in [0, 0.1) is 0 Å². The number of rotatable bonds is 3. The van der Waals surface area contributed by atoms with E-state index in [0.29, 0.717) is 6.42 Å². The topological polar surface area (TPSA) is 68.9 Å². The Labute approximate surface area is 107 Å². The minimum absolute atomic E-state index is 0.211. The number of primary amides is 1. The Balaban J connectivity index is 0.000000232. The van der Waals surface area contributed by atoms with Gasteiger partial charge < -0.3 is 5.73 Å². The summed E-state index contributed by atoms with van der Waals surface area (Å²) in [7, 11) is 0. The minimum atomic E-state index is -0.211. The molecule has 0 aliphatic rings. The molecule has 0 saturated carbocycles. The molecule has 0 radical (unpaired) electrons. The number of nitrogens with zero attached hydrogens (tertiary/aromatic N) is 2. The number of pyridine rings is 2. The highest BCUT2D eigenvalue weighted by Gasteiger charge is 1.95. The van der Waals surface area contributed by atoms with Crippen molar-refractivity contribution in [1.29, 1.82) is 0 Å². The predicted molar refractivity (Wildman–Crippen MR) is 71.6 cm³/mol. The highest BCUT2D eigenvalue weighted by atomic mass is 16.1. The van der Waals surface area contributed by atoms with Crippen molar-refractivity contribution < 1.29 is 4.79 Å². The van der Waals surface area contributed by atoms with Crippen LogP contribution in [-0.4, -0.2) is 15.9 Å². The number of nitrogens with two attached hydrogens (primary N) is 1. The molecule has 0 atom stereocenters. The Hall–Kier alpha value is -2.23. The molecule has 0 aromatic carbocycles. The average molecular weight is 243 g/mol. The lowest BCUT2D eigenvalue weighted by Gasteiger charge is -1.96. The second kappa shape index (κ2) is 7.95. The van der Waals surface area contributed by atoms with E-state index in [1.807, 2.05) is 43.3 Å². The Bertz CT molecular complexity index is 419. The Morgan fingerprint density at radius 1 is 1.06 bits per heavy atom. The van der Waals surface area contributed by atoms with E-state index in [4.69, 9.17) is 5.73 Å². The van der Waals surface area contributed by atoms with Crippen molar-refractivity contribution in [3.05, 3.63) is 48.8 Å². The van der Waals surface area contributed by atoms with Crippen molar-refractivity contribution in [2.75, 3.05) is 0 Å². The SMILES string of the molecule is CCCC(N)=O.c1ccc(-c2ccccn2)nc1. The first-order valence-electron chi connectivity index (χ1n) is 5.84. The van der Waals surface area contributed by atoms with Crippen LogP contribution in [0.15, 0.2) is 48.8 Å². The van der Waals surface area contributed by atoms with Crippen LogP contribution in [0.25, 0.3) is 11.4 Å². The van der Waals surface area contributed by atoms with Crippen LogP contribution in [0.1, 0.15) is 19.8 Å². The number of amides is 1. The average Bonchev–Trinajstić information content (AvgIpc) is 2.41. The molecule has 0 fully saturated rings. The van der Waals surface area contributed by atoms with Gasteiger partial charge in [0.2, 0.25) is 5.91 Å². The first-order valence-corrected chi connectivity index (χ1v) is 5.84. The molecular formula is C14H17N3O. The zero-order valence-electron chi connectivity index (χ0n) is 10.4. The van der Waals surface area contributed by atoms with Gasteiger partial charge in [-0.05, 0) is 30.7 Å². The molecule has 2 heterocycles. The molecule has 0 aliphatic carbocycles. The van der Waals surface area contributed by atoms with Crippen LogP contribution in [0.3, 0.4) is 0 Å². The van der Waals surface area contributed by atoms with E-state index < -0.39 is 0 Å². The summed E-state index contributed by atoms with van der Waals surface area (Å²) in [4.78, 5) is 18.2. The van der Waals surface area contributed by atoms with Crippen LogP contribution in [0.2, 0.25) is 0 Å². The fraction of sp³-hybridized carbons (Fsp3) is 0.214. The second-order valence-corrected chi connectivity index (χ2v) is 3.65. The van der Waals surface area contributed by atoms with Crippen molar-refractivity contribution in [3.8, 4) is 11.4 Å². The van der Waals surface area contributed by atoms with Gasteiger partial charge in [-0.2, -0.15) is 0 Å². The molecule has 1 amide bonds.